The first-order valence-corrected chi connectivity index (χ1v) is 14.3. The minimum atomic E-state index is -3.13. The number of methoxy groups -OCH3 is 2. The number of carboxylic acids is 1. The predicted octanol–water partition coefficient (Wildman–Crippen LogP) is 3.44. The van der Waals surface area contributed by atoms with Crippen LogP contribution in [0.3, 0.4) is 0 Å². The quantitative estimate of drug-likeness (QED) is 0.202. The number of carboxylic acid groups (broad SMARTS) is 1. The Labute approximate surface area is 270 Å². The summed E-state index contributed by atoms with van der Waals surface area (Å²) in [6, 6.07) is 10.3. The van der Waals surface area contributed by atoms with Crippen molar-refractivity contribution in [3.63, 3.8) is 0 Å². The molecule has 15 heteroatoms. The number of aliphatic carboxylic acids is 1. The van der Waals surface area contributed by atoms with Gasteiger partial charge in [0.15, 0.2) is 11.5 Å². The Morgan fingerprint density at radius 1 is 0.935 bits per heavy atom. The number of rotatable bonds is 11. The van der Waals surface area contributed by atoms with Gasteiger partial charge in [0.05, 0.1) is 26.9 Å². The van der Waals surface area contributed by atoms with Gasteiger partial charge >= 0.3 is 41.4 Å². The summed E-state index contributed by atoms with van der Waals surface area (Å²) in [6.07, 6.45) is -1.63. The molecule has 0 saturated carbocycles. The van der Waals surface area contributed by atoms with Crippen molar-refractivity contribution in [2.45, 2.75) is 70.2 Å². The molecule has 2 N–H and O–H groups in total. The highest BCUT2D eigenvalue weighted by Crippen LogP contribution is 2.42. The molecule has 0 bridgehead atoms. The number of ether oxygens (including phenoxy) is 6. The highest BCUT2D eigenvalue weighted by Gasteiger charge is 2.62. The van der Waals surface area contributed by atoms with Crippen LogP contribution in [-0.2, 0) is 44.5 Å². The van der Waals surface area contributed by atoms with Crippen LogP contribution < -0.4 is 9.47 Å². The molecule has 1 aliphatic rings. The molecule has 14 nitrogen and oxygen atoms in total. The fourth-order valence-corrected chi connectivity index (χ4v) is 4.65. The molecule has 2 aromatic rings. The monoisotopic (exact) mass is 665 g/mol. The summed E-state index contributed by atoms with van der Waals surface area (Å²) in [4.78, 5) is 64.6. The first-order chi connectivity index (χ1) is 21.4. The normalized spacial score (nSPS) is 16.9. The molecule has 0 spiro atoms. The van der Waals surface area contributed by atoms with E-state index in [0.717, 1.165) is 21.1 Å². The summed E-state index contributed by atoms with van der Waals surface area (Å²) in [7, 11) is 1.85. The average Bonchev–Trinajstić information content (AvgIpc) is 3.38. The zero-order valence-electron chi connectivity index (χ0n) is 26.3. The smallest absolute Gasteiger partial charge is 0.453 e. The van der Waals surface area contributed by atoms with Crippen LogP contribution in [-0.4, -0.2) is 88.9 Å². The van der Waals surface area contributed by atoms with Gasteiger partial charge in [0.25, 0.3) is 0 Å². The average molecular weight is 666 g/mol. The Morgan fingerprint density at radius 3 is 2.09 bits per heavy atom. The van der Waals surface area contributed by atoms with Gasteiger partial charge in [-0.25, -0.2) is 24.0 Å². The van der Waals surface area contributed by atoms with E-state index in [4.69, 9.17) is 30.5 Å². The van der Waals surface area contributed by atoms with E-state index in [1.807, 2.05) is 0 Å². The summed E-state index contributed by atoms with van der Waals surface area (Å²) in [6.45, 7) is 7.55. The maximum atomic E-state index is 13.2. The van der Waals surface area contributed by atoms with Crippen LogP contribution in [0.25, 0.3) is 0 Å². The van der Waals surface area contributed by atoms with Gasteiger partial charge in [0.1, 0.15) is 5.60 Å². The van der Waals surface area contributed by atoms with Crippen molar-refractivity contribution in [3.8, 4) is 11.5 Å². The fraction of sp³-hybridized carbons (Fsp3) is 0.452. The van der Waals surface area contributed by atoms with E-state index in [0.29, 0.717) is 16.1 Å². The molecule has 0 aromatic heterocycles. The van der Waals surface area contributed by atoms with Crippen LogP contribution in [0.2, 0.25) is 5.02 Å². The number of carbonyl (C=O) groups is 5. The van der Waals surface area contributed by atoms with Crippen LogP contribution in [0, 0.1) is 0 Å². The van der Waals surface area contributed by atoms with Crippen LogP contribution >= 0.6 is 11.6 Å². The summed E-state index contributed by atoms with van der Waals surface area (Å²) in [5.41, 5.74) is -2.50. The standard InChI is InChI=1S/C31H36ClNO13/c1-17(33(28(40)46-29(2,3)4)16-21(34)19-9-8-10-20(32)15-19)13-18-11-12-22-23(14-18)44-31(43-22,24(35)36)27(39)45-30(5,25(37)41-6)26(38)42-7/h8-12,14-15,17,21,34H,13,16H2,1-7H3,(H,35,36). The first kappa shape index (κ1) is 35.9. The molecule has 46 heavy (non-hydrogen) atoms. The second-order valence-electron chi connectivity index (χ2n) is 11.6. The summed E-state index contributed by atoms with van der Waals surface area (Å²) < 4.78 is 30.5. The van der Waals surface area contributed by atoms with Crippen LogP contribution in [0.1, 0.15) is 51.8 Å². The molecule has 250 valence electrons. The van der Waals surface area contributed by atoms with Crippen molar-refractivity contribution in [2.24, 2.45) is 0 Å². The van der Waals surface area contributed by atoms with Crippen molar-refractivity contribution < 1.29 is 62.6 Å². The van der Waals surface area contributed by atoms with Crippen molar-refractivity contribution >= 4 is 41.6 Å². The minimum absolute atomic E-state index is 0.145. The SMILES string of the molecule is COC(=O)C(C)(OC(=O)C1(C(=O)O)Oc2ccc(CC(C)N(CC(O)c3cccc(Cl)c3)C(=O)OC(C)(C)C)cc2O1)C(=O)OC. The zero-order valence-corrected chi connectivity index (χ0v) is 27.1. The van der Waals surface area contributed by atoms with E-state index in [2.05, 4.69) is 9.47 Å². The molecule has 3 unspecified atom stereocenters. The van der Waals surface area contributed by atoms with Gasteiger partial charge < -0.3 is 43.5 Å². The van der Waals surface area contributed by atoms with Gasteiger partial charge in [-0.05, 0) is 76.4 Å². The molecule has 3 rings (SSSR count). The topological polar surface area (TPSA) is 184 Å². The molecule has 0 saturated heterocycles. The number of hydrogen-bond acceptors (Lipinski definition) is 12. The Hall–Kier alpha value is -4.56. The fourth-order valence-electron chi connectivity index (χ4n) is 4.45. The maximum Gasteiger partial charge on any atom is 0.453 e. The first-order valence-electron chi connectivity index (χ1n) is 13.9. The van der Waals surface area contributed by atoms with Gasteiger partial charge in [0, 0.05) is 11.1 Å². The van der Waals surface area contributed by atoms with Gasteiger partial charge in [-0.15, -0.1) is 0 Å². The van der Waals surface area contributed by atoms with E-state index in [9.17, 15) is 34.2 Å². The number of benzene rings is 2. The van der Waals surface area contributed by atoms with Gasteiger partial charge in [-0.2, -0.15) is 0 Å². The van der Waals surface area contributed by atoms with Gasteiger partial charge in [-0.3, -0.25) is 0 Å². The van der Waals surface area contributed by atoms with Gasteiger partial charge in [0.2, 0.25) is 0 Å². The molecule has 2 aromatic carbocycles. The van der Waals surface area contributed by atoms with Crippen LogP contribution in [0.5, 0.6) is 11.5 Å². The highest BCUT2D eigenvalue weighted by atomic mass is 35.5. The number of aliphatic hydroxyl groups is 1. The second-order valence-corrected chi connectivity index (χ2v) is 12.0. The highest BCUT2D eigenvalue weighted by molar-refractivity contribution is 6.30. The summed E-state index contributed by atoms with van der Waals surface area (Å²) in [5.74, 6) is -9.81. The van der Waals surface area contributed by atoms with E-state index < -0.39 is 59.1 Å². The number of aliphatic hydroxyl groups excluding tert-OH is 1. The molecular weight excluding hydrogens is 630 g/mol. The van der Waals surface area contributed by atoms with Crippen molar-refractivity contribution in [1.82, 2.24) is 4.90 Å². The molecule has 0 aliphatic carbocycles. The van der Waals surface area contributed by atoms with Crippen LogP contribution in [0.4, 0.5) is 4.79 Å². The van der Waals surface area contributed by atoms with Gasteiger partial charge in [-0.1, -0.05) is 29.8 Å². The van der Waals surface area contributed by atoms with E-state index in [1.54, 1.807) is 58.0 Å². The van der Waals surface area contributed by atoms with E-state index >= 15 is 0 Å². The number of carbonyl (C=O) groups excluding carboxylic acids is 4. The lowest BCUT2D eigenvalue weighted by Crippen LogP contribution is -2.60. The third-order valence-corrected chi connectivity index (χ3v) is 7.04. The molecular formula is C31H36ClNO13. The summed E-state index contributed by atoms with van der Waals surface area (Å²) >= 11 is 6.08. The number of fused-ring (bicyclic) bond motifs is 1. The number of hydrogen-bond donors (Lipinski definition) is 2. The molecule has 1 aliphatic heterocycles. The predicted molar refractivity (Wildman–Crippen MR) is 159 cm³/mol. The minimum Gasteiger partial charge on any atom is -0.475 e. The lowest BCUT2D eigenvalue weighted by Gasteiger charge is -2.33. The molecule has 1 heterocycles. The molecule has 0 fully saturated rings. The number of nitrogens with zero attached hydrogens (tertiary/aromatic N) is 1. The number of esters is 3. The Morgan fingerprint density at radius 2 is 1.54 bits per heavy atom. The van der Waals surface area contributed by atoms with Crippen molar-refractivity contribution in [3.05, 3.63) is 58.6 Å². The molecule has 3 atom stereocenters. The third kappa shape index (κ3) is 7.80. The zero-order chi connectivity index (χ0) is 34.6. The Balaban J connectivity index is 1.87. The number of amides is 1. The molecule has 1 amide bonds. The largest absolute Gasteiger partial charge is 0.475 e. The van der Waals surface area contributed by atoms with Crippen molar-refractivity contribution in [2.75, 3.05) is 20.8 Å². The maximum absolute atomic E-state index is 13.2. The third-order valence-electron chi connectivity index (χ3n) is 6.81. The lowest BCUT2D eigenvalue weighted by atomic mass is 10.0. The van der Waals surface area contributed by atoms with E-state index in [1.165, 1.54) is 17.0 Å². The second kappa shape index (κ2) is 13.8. The Kier molecular flexibility index (Phi) is 10.8. The number of halogens is 1. The van der Waals surface area contributed by atoms with Crippen molar-refractivity contribution in [1.29, 1.82) is 0 Å². The molecule has 0 radical (unpaired) electrons. The summed E-state index contributed by atoms with van der Waals surface area (Å²) in [5, 5.41) is 21.3. The lowest BCUT2D eigenvalue weighted by molar-refractivity contribution is -0.216. The van der Waals surface area contributed by atoms with E-state index in [-0.39, 0.29) is 24.5 Å². The van der Waals surface area contributed by atoms with Crippen LogP contribution in [0.15, 0.2) is 42.5 Å². The Bertz CT molecular complexity index is 1490.